The predicted molar refractivity (Wildman–Crippen MR) is 65.3 cm³/mol. The number of carbonyl (C=O) groups is 2. The Morgan fingerprint density at radius 1 is 1.67 bits per heavy atom. The molecule has 0 radical (unpaired) electrons. The standard InChI is InChI=1S/C12H13N3O3/c1-2-5-13-10(16)7-15-11(17)8-18-9-4-3-6-14-12(9)15/h2-4,6H,1,5,7-8H2,(H,13,16). The predicted octanol–water partition coefficient (Wildman–Crippen LogP) is 0.109. The highest BCUT2D eigenvalue weighted by Crippen LogP contribution is 2.28. The number of carbonyl (C=O) groups excluding carboxylic acids is 2. The van der Waals surface area contributed by atoms with Gasteiger partial charge in [0.2, 0.25) is 5.91 Å². The number of amides is 2. The maximum absolute atomic E-state index is 11.7. The fourth-order valence-corrected chi connectivity index (χ4v) is 1.58. The molecule has 0 spiro atoms. The van der Waals surface area contributed by atoms with Crippen molar-refractivity contribution in [3.63, 3.8) is 0 Å². The minimum atomic E-state index is -0.282. The van der Waals surface area contributed by atoms with Crippen molar-refractivity contribution < 1.29 is 14.3 Å². The van der Waals surface area contributed by atoms with Crippen LogP contribution in [0.4, 0.5) is 5.82 Å². The fraction of sp³-hybridized carbons (Fsp3) is 0.250. The van der Waals surface area contributed by atoms with E-state index in [0.29, 0.717) is 18.1 Å². The molecule has 0 unspecified atom stereocenters. The van der Waals surface area contributed by atoms with E-state index >= 15 is 0 Å². The second-order valence-electron chi connectivity index (χ2n) is 3.69. The van der Waals surface area contributed by atoms with E-state index in [1.807, 2.05) is 0 Å². The van der Waals surface area contributed by atoms with Crippen LogP contribution in [0.15, 0.2) is 31.0 Å². The molecule has 1 N–H and O–H groups in total. The van der Waals surface area contributed by atoms with Gasteiger partial charge >= 0.3 is 0 Å². The number of rotatable bonds is 4. The monoisotopic (exact) mass is 247 g/mol. The minimum absolute atomic E-state index is 0.0694. The molecular formula is C12H13N3O3. The third-order valence-electron chi connectivity index (χ3n) is 2.40. The van der Waals surface area contributed by atoms with E-state index in [9.17, 15) is 9.59 Å². The van der Waals surface area contributed by atoms with Crippen molar-refractivity contribution in [2.45, 2.75) is 0 Å². The van der Waals surface area contributed by atoms with Gasteiger partial charge in [-0.25, -0.2) is 4.98 Å². The van der Waals surface area contributed by atoms with Crippen molar-refractivity contribution in [2.75, 3.05) is 24.6 Å². The lowest BCUT2D eigenvalue weighted by molar-refractivity contribution is -0.125. The number of nitrogens with one attached hydrogen (secondary N) is 1. The van der Waals surface area contributed by atoms with Crippen molar-refractivity contribution in [3.05, 3.63) is 31.0 Å². The molecule has 0 saturated heterocycles. The highest BCUT2D eigenvalue weighted by atomic mass is 16.5. The molecule has 0 saturated carbocycles. The summed E-state index contributed by atoms with van der Waals surface area (Å²) in [6, 6.07) is 3.42. The van der Waals surface area contributed by atoms with Crippen molar-refractivity contribution in [3.8, 4) is 5.75 Å². The van der Waals surface area contributed by atoms with Crippen molar-refractivity contribution in [1.29, 1.82) is 0 Å². The third-order valence-corrected chi connectivity index (χ3v) is 2.40. The lowest BCUT2D eigenvalue weighted by Gasteiger charge is -2.27. The average Bonchev–Trinajstić information content (AvgIpc) is 2.40. The number of anilines is 1. The second-order valence-corrected chi connectivity index (χ2v) is 3.69. The van der Waals surface area contributed by atoms with Crippen LogP contribution in [0.3, 0.4) is 0 Å². The zero-order valence-corrected chi connectivity index (χ0v) is 9.76. The van der Waals surface area contributed by atoms with E-state index in [2.05, 4.69) is 16.9 Å². The second kappa shape index (κ2) is 5.31. The van der Waals surface area contributed by atoms with E-state index in [1.165, 1.54) is 4.90 Å². The van der Waals surface area contributed by atoms with Gasteiger partial charge in [-0.3, -0.25) is 14.5 Å². The Kier molecular flexibility index (Phi) is 3.57. The van der Waals surface area contributed by atoms with Gasteiger partial charge in [0.15, 0.2) is 18.2 Å². The zero-order chi connectivity index (χ0) is 13.0. The van der Waals surface area contributed by atoms with Crippen LogP contribution >= 0.6 is 0 Å². The fourth-order valence-electron chi connectivity index (χ4n) is 1.58. The maximum Gasteiger partial charge on any atom is 0.266 e. The summed E-state index contributed by atoms with van der Waals surface area (Å²) in [5.74, 6) is 0.341. The molecule has 0 aliphatic carbocycles. The maximum atomic E-state index is 11.7. The summed E-state index contributed by atoms with van der Waals surface area (Å²) in [5, 5.41) is 2.61. The van der Waals surface area contributed by atoms with Gasteiger partial charge in [-0.2, -0.15) is 0 Å². The van der Waals surface area contributed by atoms with Crippen LogP contribution in [0.5, 0.6) is 5.75 Å². The quantitative estimate of drug-likeness (QED) is 0.766. The molecule has 1 aromatic heterocycles. The lowest BCUT2D eigenvalue weighted by Crippen LogP contribution is -2.45. The van der Waals surface area contributed by atoms with Crippen molar-refractivity contribution >= 4 is 17.6 Å². The summed E-state index contributed by atoms with van der Waals surface area (Å²) < 4.78 is 5.23. The number of hydrogen-bond acceptors (Lipinski definition) is 4. The van der Waals surface area contributed by atoms with Gasteiger partial charge in [-0.05, 0) is 12.1 Å². The van der Waals surface area contributed by atoms with Gasteiger partial charge in [0, 0.05) is 12.7 Å². The molecule has 0 aromatic carbocycles. The topological polar surface area (TPSA) is 71.5 Å². The van der Waals surface area contributed by atoms with E-state index < -0.39 is 0 Å². The van der Waals surface area contributed by atoms with Crippen LogP contribution in [0.25, 0.3) is 0 Å². The van der Waals surface area contributed by atoms with Crippen LogP contribution in [0.2, 0.25) is 0 Å². The summed E-state index contributed by atoms with van der Waals surface area (Å²) in [4.78, 5) is 28.7. The van der Waals surface area contributed by atoms with Crippen LogP contribution in [-0.4, -0.2) is 36.5 Å². The number of fused-ring (bicyclic) bond motifs is 1. The van der Waals surface area contributed by atoms with Gasteiger partial charge in [0.1, 0.15) is 6.54 Å². The normalized spacial score (nSPS) is 13.6. The van der Waals surface area contributed by atoms with E-state index in [4.69, 9.17) is 4.74 Å². The van der Waals surface area contributed by atoms with Crippen molar-refractivity contribution in [2.24, 2.45) is 0 Å². The van der Waals surface area contributed by atoms with Gasteiger partial charge in [-0.1, -0.05) is 6.08 Å². The summed E-state index contributed by atoms with van der Waals surface area (Å²) in [6.07, 6.45) is 3.13. The summed E-state index contributed by atoms with van der Waals surface area (Å²) in [7, 11) is 0. The first-order valence-corrected chi connectivity index (χ1v) is 5.48. The first kappa shape index (κ1) is 12.1. The minimum Gasteiger partial charge on any atom is -0.480 e. The number of pyridine rings is 1. The van der Waals surface area contributed by atoms with Crippen LogP contribution < -0.4 is 15.0 Å². The molecule has 0 bridgehead atoms. The van der Waals surface area contributed by atoms with E-state index in [1.54, 1.807) is 24.4 Å². The Labute approximate surface area is 104 Å². The molecule has 1 aromatic rings. The molecule has 1 aliphatic heterocycles. The van der Waals surface area contributed by atoms with Gasteiger partial charge in [0.05, 0.1) is 0 Å². The Bertz CT molecular complexity index is 487. The average molecular weight is 247 g/mol. The smallest absolute Gasteiger partial charge is 0.266 e. The molecule has 0 fully saturated rings. The van der Waals surface area contributed by atoms with Crippen LogP contribution in [0.1, 0.15) is 0 Å². The van der Waals surface area contributed by atoms with Crippen LogP contribution in [0, 0.1) is 0 Å². The molecule has 2 amide bonds. The molecule has 2 heterocycles. The molecule has 1 aliphatic rings. The van der Waals surface area contributed by atoms with E-state index in [0.717, 1.165) is 0 Å². The number of aromatic nitrogens is 1. The Balaban J connectivity index is 2.14. The zero-order valence-electron chi connectivity index (χ0n) is 9.76. The number of ether oxygens (including phenoxy) is 1. The van der Waals surface area contributed by atoms with Crippen LogP contribution in [-0.2, 0) is 9.59 Å². The molecule has 18 heavy (non-hydrogen) atoms. The SMILES string of the molecule is C=CCNC(=O)CN1C(=O)COc2cccnc21. The molecular weight excluding hydrogens is 234 g/mol. The summed E-state index contributed by atoms with van der Waals surface area (Å²) in [5.41, 5.74) is 0. The summed E-state index contributed by atoms with van der Waals surface area (Å²) in [6.45, 7) is 3.72. The molecule has 2 rings (SSSR count). The molecule has 6 nitrogen and oxygen atoms in total. The van der Waals surface area contributed by atoms with Gasteiger partial charge < -0.3 is 10.1 Å². The Hall–Kier alpha value is -2.37. The molecule has 6 heteroatoms. The highest BCUT2D eigenvalue weighted by molar-refractivity contribution is 6.01. The van der Waals surface area contributed by atoms with Crippen molar-refractivity contribution in [1.82, 2.24) is 10.3 Å². The third kappa shape index (κ3) is 2.48. The Morgan fingerprint density at radius 3 is 3.28 bits per heavy atom. The number of hydrogen-bond donors (Lipinski definition) is 1. The lowest BCUT2D eigenvalue weighted by atomic mass is 10.3. The first-order chi connectivity index (χ1) is 8.72. The Morgan fingerprint density at radius 2 is 2.50 bits per heavy atom. The first-order valence-electron chi connectivity index (χ1n) is 5.48. The van der Waals surface area contributed by atoms with Gasteiger partial charge in [-0.15, -0.1) is 6.58 Å². The van der Waals surface area contributed by atoms with E-state index in [-0.39, 0.29) is 25.0 Å². The molecule has 94 valence electrons. The largest absolute Gasteiger partial charge is 0.480 e. The number of nitrogens with zero attached hydrogens (tertiary/aromatic N) is 2. The molecule has 0 atom stereocenters. The highest BCUT2D eigenvalue weighted by Gasteiger charge is 2.27. The van der Waals surface area contributed by atoms with Gasteiger partial charge in [0.25, 0.3) is 5.91 Å². The summed E-state index contributed by atoms with van der Waals surface area (Å²) >= 11 is 0.